The van der Waals surface area contributed by atoms with Gasteiger partial charge in [0.05, 0.1) is 20.3 Å². The number of methoxy groups -OCH3 is 1. The molecule has 0 unspecified atom stereocenters. The predicted octanol–water partition coefficient (Wildman–Crippen LogP) is 2.24. The molecule has 0 aliphatic heterocycles. The van der Waals surface area contributed by atoms with Crippen LogP contribution in [0.1, 0.15) is 30.1 Å². The average Bonchev–Trinajstić information content (AvgIpc) is 2.45. The Morgan fingerprint density at radius 3 is 2.84 bits per heavy atom. The fourth-order valence-electron chi connectivity index (χ4n) is 1.49. The van der Waals surface area contributed by atoms with E-state index in [0.717, 1.165) is 12.8 Å². The molecule has 0 heterocycles. The smallest absolute Gasteiger partial charge is 0.252 e. The molecule has 0 spiro atoms. The van der Waals surface area contributed by atoms with Gasteiger partial charge in [0.2, 0.25) is 0 Å². The Morgan fingerprint density at radius 2 is 2.21 bits per heavy atom. The highest BCUT2D eigenvalue weighted by molar-refractivity contribution is 5.95. The number of hydrogen-bond acceptors (Lipinski definition) is 3. The van der Waals surface area contributed by atoms with Gasteiger partial charge in [-0.1, -0.05) is 19.3 Å². The summed E-state index contributed by atoms with van der Waals surface area (Å²) in [6, 6.07) is 5.07. The minimum atomic E-state index is -0.226. The van der Waals surface area contributed by atoms with Crippen molar-refractivity contribution in [2.45, 2.75) is 19.8 Å². The zero-order valence-corrected chi connectivity index (χ0v) is 11.4. The van der Waals surface area contributed by atoms with Gasteiger partial charge in [0.1, 0.15) is 0 Å². The molecule has 0 fully saturated rings. The number of hydrogen-bond donors (Lipinski definition) is 1. The minimum absolute atomic E-state index is 0.204. The van der Waals surface area contributed by atoms with Crippen LogP contribution in [0.2, 0.25) is 0 Å². The topological polar surface area (TPSA) is 47.6 Å². The van der Waals surface area contributed by atoms with Crippen molar-refractivity contribution < 1.29 is 14.3 Å². The van der Waals surface area contributed by atoms with Crippen molar-refractivity contribution in [3.05, 3.63) is 23.8 Å². The maximum absolute atomic E-state index is 11.7. The van der Waals surface area contributed by atoms with Crippen LogP contribution in [0, 0.1) is 12.3 Å². The summed E-state index contributed by atoms with van der Waals surface area (Å²) >= 11 is 0. The lowest BCUT2D eigenvalue weighted by Gasteiger charge is -2.11. The van der Waals surface area contributed by atoms with Gasteiger partial charge in [-0.3, -0.25) is 4.79 Å². The molecule has 0 saturated heterocycles. The largest absolute Gasteiger partial charge is 0.493 e. The van der Waals surface area contributed by atoms with Gasteiger partial charge in [0.25, 0.3) is 5.91 Å². The molecule has 19 heavy (non-hydrogen) atoms. The average molecular weight is 261 g/mol. The summed E-state index contributed by atoms with van der Waals surface area (Å²) in [6.07, 6.45) is 7.14. The summed E-state index contributed by atoms with van der Waals surface area (Å²) < 4.78 is 10.8. The van der Waals surface area contributed by atoms with Crippen molar-refractivity contribution in [3.8, 4) is 23.8 Å². The molecular weight excluding hydrogens is 242 g/mol. The van der Waals surface area contributed by atoms with Crippen LogP contribution < -0.4 is 14.8 Å². The number of carbonyl (C=O) groups excluding carboxylic acids is 1. The molecule has 1 N–H and O–H groups in total. The van der Waals surface area contributed by atoms with Gasteiger partial charge in [-0.15, -0.1) is 6.42 Å². The van der Waals surface area contributed by atoms with Gasteiger partial charge < -0.3 is 14.8 Å². The number of terminal acetylenes is 1. The van der Waals surface area contributed by atoms with Crippen LogP contribution in [-0.2, 0) is 0 Å². The van der Waals surface area contributed by atoms with Crippen LogP contribution in [0.3, 0.4) is 0 Å². The van der Waals surface area contributed by atoms with Gasteiger partial charge in [-0.25, -0.2) is 0 Å². The Hall–Kier alpha value is -2.15. The number of unbranched alkanes of at least 4 members (excludes halogenated alkanes) is 1. The van der Waals surface area contributed by atoms with E-state index in [9.17, 15) is 4.79 Å². The van der Waals surface area contributed by atoms with Crippen LogP contribution in [0.4, 0.5) is 0 Å². The van der Waals surface area contributed by atoms with Gasteiger partial charge in [-0.05, 0) is 24.6 Å². The Kier molecular flexibility index (Phi) is 6.31. The molecule has 1 aromatic rings. The van der Waals surface area contributed by atoms with Crippen LogP contribution in [0.25, 0.3) is 0 Å². The molecule has 0 aliphatic carbocycles. The first-order chi connectivity index (χ1) is 9.22. The van der Waals surface area contributed by atoms with Crippen molar-refractivity contribution in [1.29, 1.82) is 0 Å². The van der Waals surface area contributed by atoms with Crippen molar-refractivity contribution in [2.75, 3.05) is 20.3 Å². The molecule has 4 nitrogen and oxygen atoms in total. The summed E-state index contributed by atoms with van der Waals surface area (Å²) in [7, 11) is 1.55. The van der Waals surface area contributed by atoms with Gasteiger partial charge >= 0.3 is 0 Å². The molecule has 0 bridgehead atoms. The molecule has 1 rings (SSSR count). The number of nitrogens with one attached hydrogen (secondary N) is 1. The summed E-state index contributed by atoms with van der Waals surface area (Å²) in [5.74, 6) is 3.32. The fraction of sp³-hybridized carbons (Fsp3) is 0.400. The second kappa shape index (κ2) is 8.04. The standard InChI is InChI=1S/C15H19NO3/c1-4-6-10-19-13-8-7-12(11-14(13)18-3)15(17)16-9-5-2/h2,7-8,11H,4,6,9-10H2,1,3H3,(H,16,17). The maximum atomic E-state index is 11.7. The number of benzene rings is 1. The third-order valence-electron chi connectivity index (χ3n) is 2.53. The monoisotopic (exact) mass is 261 g/mol. The van der Waals surface area contributed by atoms with E-state index in [1.165, 1.54) is 0 Å². The summed E-state index contributed by atoms with van der Waals surface area (Å²) in [5, 5.41) is 2.60. The molecule has 102 valence electrons. The summed E-state index contributed by atoms with van der Waals surface area (Å²) in [6.45, 7) is 2.94. The molecule has 0 radical (unpaired) electrons. The Labute approximate surface area is 114 Å². The van der Waals surface area contributed by atoms with Gasteiger partial charge in [0.15, 0.2) is 11.5 Å². The van der Waals surface area contributed by atoms with Crippen LogP contribution in [-0.4, -0.2) is 26.2 Å². The van der Waals surface area contributed by atoms with Crippen molar-refractivity contribution >= 4 is 5.91 Å². The van der Waals surface area contributed by atoms with E-state index in [2.05, 4.69) is 18.2 Å². The molecule has 1 aromatic carbocycles. The molecular formula is C15H19NO3. The fourth-order valence-corrected chi connectivity index (χ4v) is 1.49. The van der Waals surface area contributed by atoms with E-state index in [-0.39, 0.29) is 12.5 Å². The molecule has 1 amide bonds. The molecule has 0 atom stereocenters. The van der Waals surface area contributed by atoms with E-state index in [0.29, 0.717) is 23.7 Å². The zero-order chi connectivity index (χ0) is 14.1. The third kappa shape index (κ3) is 4.55. The van der Waals surface area contributed by atoms with Crippen LogP contribution in [0.5, 0.6) is 11.5 Å². The lowest BCUT2D eigenvalue weighted by Crippen LogP contribution is -2.23. The molecule has 0 saturated carbocycles. The molecule has 4 heteroatoms. The first-order valence-electron chi connectivity index (χ1n) is 6.25. The van der Waals surface area contributed by atoms with E-state index in [1.807, 2.05) is 0 Å². The minimum Gasteiger partial charge on any atom is -0.493 e. The first kappa shape index (κ1) is 14.9. The number of rotatable bonds is 7. The van der Waals surface area contributed by atoms with Crippen molar-refractivity contribution in [1.82, 2.24) is 5.32 Å². The van der Waals surface area contributed by atoms with E-state index in [1.54, 1.807) is 25.3 Å². The second-order valence-corrected chi connectivity index (χ2v) is 3.95. The Bertz CT molecular complexity index is 463. The van der Waals surface area contributed by atoms with Gasteiger partial charge in [0, 0.05) is 5.56 Å². The summed E-state index contributed by atoms with van der Waals surface area (Å²) in [4.78, 5) is 11.7. The Balaban J connectivity index is 2.77. The Morgan fingerprint density at radius 1 is 1.42 bits per heavy atom. The lowest BCUT2D eigenvalue weighted by molar-refractivity contribution is 0.0958. The predicted molar refractivity (Wildman–Crippen MR) is 74.6 cm³/mol. The highest BCUT2D eigenvalue weighted by Gasteiger charge is 2.10. The molecule has 0 aliphatic rings. The number of ether oxygens (including phenoxy) is 2. The lowest BCUT2D eigenvalue weighted by atomic mass is 10.2. The van der Waals surface area contributed by atoms with E-state index >= 15 is 0 Å². The normalized spacial score (nSPS) is 9.53. The van der Waals surface area contributed by atoms with Crippen molar-refractivity contribution in [3.63, 3.8) is 0 Å². The number of carbonyl (C=O) groups is 1. The maximum Gasteiger partial charge on any atom is 0.252 e. The van der Waals surface area contributed by atoms with Gasteiger partial charge in [-0.2, -0.15) is 0 Å². The third-order valence-corrected chi connectivity index (χ3v) is 2.53. The summed E-state index contributed by atoms with van der Waals surface area (Å²) in [5.41, 5.74) is 0.495. The van der Waals surface area contributed by atoms with E-state index < -0.39 is 0 Å². The highest BCUT2D eigenvalue weighted by atomic mass is 16.5. The highest BCUT2D eigenvalue weighted by Crippen LogP contribution is 2.28. The van der Waals surface area contributed by atoms with Crippen LogP contribution >= 0.6 is 0 Å². The first-order valence-corrected chi connectivity index (χ1v) is 6.25. The SMILES string of the molecule is C#CCNC(=O)c1ccc(OCCCC)c(OC)c1. The second-order valence-electron chi connectivity index (χ2n) is 3.95. The quantitative estimate of drug-likeness (QED) is 0.605. The van der Waals surface area contributed by atoms with Crippen molar-refractivity contribution in [2.24, 2.45) is 0 Å². The van der Waals surface area contributed by atoms with E-state index in [4.69, 9.17) is 15.9 Å². The number of amides is 1. The molecule has 0 aromatic heterocycles. The van der Waals surface area contributed by atoms with Crippen LogP contribution in [0.15, 0.2) is 18.2 Å². The zero-order valence-electron chi connectivity index (χ0n) is 11.4.